The SMILES string of the molecule is Cc1nc2cnc3ccoc3c2n1C1CCCOC1. The van der Waals surface area contributed by atoms with Crippen molar-refractivity contribution in [2.45, 2.75) is 25.8 Å². The van der Waals surface area contributed by atoms with Crippen molar-refractivity contribution < 1.29 is 9.15 Å². The number of hydrogen-bond acceptors (Lipinski definition) is 4. The molecule has 0 bridgehead atoms. The largest absolute Gasteiger partial charge is 0.460 e. The van der Waals surface area contributed by atoms with Crippen LogP contribution in [0.25, 0.3) is 22.1 Å². The van der Waals surface area contributed by atoms with Crippen molar-refractivity contribution in [2.24, 2.45) is 0 Å². The number of pyridine rings is 1. The van der Waals surface area contributed by atoms with E-state index in [9.17, 15) is 0 Å². The number of ether oxygens (including phenoxy) is 1. The number of aryl methyl sites for hydroxylation is 1. The number of furan rings is 1. The van der Waals surface area contributed by atoms with Gasteiger partial charge in [-0.25, -0.2) is 4.98 Å². The summed E-state index contributed by atoms with van der Waals surface area (Å²) in [6.45, 7) is 3.64. The molecule has 1 atom stereocenters. The first-order valence-electron chi connectivity index (χ1n) is 6.63. The summed E-state index contributed by atoms with van der Waals surface area (Å²) in [5.74, 6) is 0.996. The zero-order valence-electron chi connectivity index (χ0n) is 10.8. The highest BCUT2D eigenvalue weighted by atomic mass is 16.5. The van der Waals surface area contributed by atoms with Gasteiger partial charge in [0.1, 0.15) is 22.4 Å². The zero-order chi connectivity index (χ0) is 12.8. The van der Waals surface area contributed by atoms with E-state index in [0.29, 0.717) is 6.04 Å². The number of aromatic nitrogens is 3. The van der Waals surface area contributed by atoms with Gasteiger partial charge in [-0.15, -0.1) is 0 Å². The number of imidazole rings is 1. The van der Waals surface area contributed by atoms with Crippen LogP contribution in [0.2, 0.25) is 0 Å². The minimum absolute atomic E-state index is 0.342. The van der Waals surface area contributed by atoms with Gasteiger partial charge in [-0.05, 0) is 19.8 Å². The molecule has 19 heavy (non-hydrogen) atoms. The molecule has 0 saturated carbocycles. The van der Waals surface area contributed by atoms with E-state index in [1.165, 1.54) is 0 Å². The Bertz CT molecular complexity index is 738. The summed E-state index contributed by atoms with van der Waals surface area (Å²) in [5.41, 5.74) is 3.64. The molecule has 0 radical (unpaired) electrons. The average molecular weight is 257 g/mol. The van der Waals surface area contributed by atoms with Crippen molar-refractivity contribution in [3.8, 4) is 0 Å². The van der Waals surface area contributed by atoms with E-state index in [0.717, 1.165) is 54.0 Å². The summed E-state index contributed by atoms with van der Waals surface area (Å²) in [4.78, 5) is 8.97. The van der Waals surface area contributed by atoms with Gasteiger partial charge in [0.15, 0.2) is 5.58 Å². The third kappa shape index (κ3) is 1.58. The molecule has 4 heterocycles. The fraction of sp³-hybridized carbons (Fsp3) is 0.429. The minimum Gasteiger partial charge on any atom is -0.460 e. The predicted molar refractivity (Wildman–Crippen MR) is 71.1 cm³/mol. The van der Waals surface area contributed by atoms with Crippen molar-refractivity contribution >= 4 is 22.1 Å². The molecule has 1 saturated heterocycles. The fourth-order valence-electron chi connectivity index (χ4n) is 2.97. The third-order valence-electron chi connectivity index (χ3n) is 3.80. The first kappa shape index (κ1) is 11.0. The van der Waals surface area contributed by atoms with E-state index in [1.807, 2.05) is 19.2 Å². The smallest absolute Gasteiger partial charge is 0.178 e. The van der Waals surface area contributed by atoms with E-state index < -0.39 is 0 Å². The van der Waals surface area contributed by atoms with Crippen LogP contribution in [0.5, 0.6) is 0 Å². The number of fused-ring (bicyclic) bond motifs is 3. The summed E-state index contributed by atoms with van der Waals surface area (Å²) < 4.78 is 13.5. The lowest BCUT2D eigenvalue weighted by molar-refractivity contribution is 0.0598. The van der Waals surface area contributed by atoms with Gasteiger partial charge in [-0.2, -0.15) is 0 Å². The lowest BCUT2D eigenvalue weighted by atomic mass is 10.1. The molecule has 5 heteroatoms. The molecule has 0 amide bonds. The number of hydrogen-bond donors (Lipinski definition) is 0. The Morgan fingerprint density at radius 1 is 1.37 bits per heavy atom. The van der Waals surface area contributed by atoms with Crippen LogP contribution < -0.4 is 0 Å². The van der Waals surface area contributed by atoms with E-state index in [1.54, 1.807) is 6.26 Å². The van der Waals surface area contributed by atoms with Gasteiger partial charge in [0.25, 0.3) is 0 Å². The van der Waals surface area contributed by atoms with Gasteiger partial charge in [0.05, 0.1) is 25.1 Å². The second-order valence-corrected chi connectivity index (χ2v) is 5.03. The summed E-state index contributed by atoms with van der Waals surface area (Å²) in [6.07, 6.45) is 5.72. The minimum atomic E-state index is 0.342. The van der Waals surface area contributed by atoms with E-state index in [-0.39, 0.29) is 0 Å². The molecule has 1 aliphatic heterocycles. The van der Waals surface area contributed by atoms with Crippen LogP contribution in [0.15, 0.2) is 22.9 Å². The molecule has 3 aromatic heterocycles. The lowest BCUT2D eigenvalue weighted by Gasteiger charge is -2.25. The van der Waals surface area contributed by atoms with Crippen molar-refractivity contribution in [1.29, 1.82) is 0 Å². The van der Waals surface area contributed by atoms with Gasteiger partial charge in [-0.3, -0.25) is 4.98 Å². The fourth-order valence-corrected chi connectivity index (χ4v) is 2.97. The van der Waals surface area contributed by atoms with Gasteiger partial charge in [-0.1, -0.05) is 0 Å². The van der Waals surface area contributed by atoms with Gasteiger partial charge in [0.2, 0.25) is 0 Å². The second-order valence-electron chi connectivity index (χ2n) is 5.03. The Morgan fingerprint density at radius 2 is 2.32 bits per heavy atom. The molecule has 0 spiro atoms. The van der Waals surface area contributed by atoms with Crippen LogP contribution in [-0.4, -0.2) is 27.7 Å². The Hall–Kier alpha value is -1.88. The van der Waals surface area contributed by atoms with Crippen LogP contribution in [0.1, 0.15) is 24.7 Å². The highest BCUT2D eigenvalue weighted by molar-refractivity contribution is 5.98. The summed E-state index contributed by atoms with van der Waals surface area (Å²) >= 11 is 0. The third-order valence-corrected chi connectivity index (χ3v) is 3.80. The standard InChI is InChI=1S/C14H15N3O2/c1-9-16-12-7-15-11-4-6-19-14(11)13(12)17(9)10-3-2-5-18-8-10/h4,6-7,10H,2-3,5,8H2,1H3. The van der Waals surface area contributed by atoms with Crippen LogP contribution in [0, 0.1) is 6.92 Å². The monoisotopic (exact) mass is 257 g/mol. The molecule has 3 aromatic rings. The van der Waals surface area contributed by atoms with Crippen molar-refractivity contribution in [3.63, 3.8) is 0 Å². The first-order valence-corrected chi connectivity index (χ1v) is 6.63. The number of nitrogens with zero attached hydrogens (tertiary/aromatic N) is 3. The molecule has 1 aliphatic rings. The summed E-state index contributed by atoms with van der Waals surface area (Å²) in [6, 6.07) is 2.23. The number of rotatable bonds is 1. The predicted octanol–water partition coefficient (Wildman–Crippen LogP) is 2.84. The van der Waals surface area contributed by atoms with E-state index in [4.69, 9.17) is 9.15 Å². The molecule has 5 nitrogen and oxygen atoms in total. The topological polar surface area (TPSA) is 53.1 Å². The molecule has 0 N–H and O–H groups in total. The maximum Gasteiger partial charge on any atom is 0.178 e. The van der Waals surface area contributed by atoms with Crippen LogP contribution in [0.4, 0.5) is 0 Å². The summed E-state index contributed by atoms with van der Waals surface area (Å²) in [7, 11) is 0. The van der Waals surface area contributed by atoms with Crippen molar-refractivity contribution in [1.82, 2.24) is 14.5 Å². The molecule has 1 unspecified atom stereocenters. The van der Waals surface area contributed by atoms with Crippen LogP contribution in [0.3, 0.4) is 0 Å². The van der Waals surface area contributed by atoms with Crippen LogP contribution in [-0.2, 0) is 4.74 Å². The highest BCUT2D eigenvalue weighted by Crippen LogP contribution is 2.31. The van der Waals surface area contributed by atoms with Gasteiger partial charge >= 0.3 is 0 Å². The molecule has 98 valence electrons. The maximum atomic E-state index is 5.61. The average Bonchev–Trinajstić information content (AvgIpc) is 3.02. The maximum absolute atomic E-state index is 5.61. The Morgan fingerprint density at radius 3 is 3.16 bits per heavy atom. The quantitative estimate of drug-likeness (QED) is 0.672. The molecule has 0 aromatic carbocycles. The molecular weight excluding hydrogens is 242 g/mol. The van der Waals surface area contributed by atoms with Crippen LogP contribution >= 0.6 is 0 Å². The zero-order valence-corrected chi connectivity index (χ0v) is 10.8. The molecule has 1 fully saturated rings. The second kappa shape index (κ2) is 4.06. The molecular formula is C14H15N3O2. The van der Waals surface area contributed by atoms with Gasteiger partial charge in [0, 0.05) is 12.7 Å². The Balaban J connectivity index is 2.01. The summed E-state index contributed by atoms with van der Waals surface area (Å²) in [5, 5.41) is 0. The Kier molecular flexibility index (Phi) is 2.35. The lowest BCUT2D eigenvalue weighted by Crippen LogP contribution is -2.22. The molecule has 0 aliphatic carbocycles. The van der Waals surface area contributed by atoms with Crippen molar-refractivity contribution in [3.05, 3.63) is 24.4 Å². The highest BCUT2D eigenvalue weighted by Gasteiger charge is 2.22. The first-order chi connectivity index (χ1) is 9.34. The molecule has 4 rings (SSSR count). The van der Waals surface area contributed by atoms with E-state index in [2.05, 4.69) is 14.5 Å². The van der Waals surface area contributed by atoms with Crippen molar-refractivity contribution in [2.75, 3.05) is 13.2 Å². The van der Waals surface area contributed by atoms with Gasteiger partial charge < -0.3 is 13.7 Å². The van der Waals surface area contributed by atoms with E-state index >= 15 is 0 Å². The Labute approximate surface area is 110 Å². The normalized spacial score (nSPS) is 20.4.